The van der Waals surface area contributed by atoms with Crippen LogP contribution in [0.5, 0.6) is 0 Å². The van der Waals surface area contributed by atoms with Crippen molar-refractivity contribution in [2.75, 3.05) is 11.1 Å². The first kappa shape index (κ1) is 15.2. The van der Waals surface area contributed by atoms with Crippen LogP contribution in [0.3, 0.4) is 0 Å². The average molecular weight is 285 g/mol. The Labute approximate surface area is 126 Å². The summed E-state index contributed by atoms with van der Waals surface area (Å²) in [4.78, 5) is 12.5. The summed E-state index contributed by atoms with van der Waals surface area (Å²) < 4.78 is 1.91. The molecule has 0 bridgehead atoms. The molecule has 1 aromatic heterocycles. The van der Waals surface area contributed by atoms with Crippen molar-refractivity contribution in [3.8, 4) is 0 Å². The molecule has 0 unspecified atom stereocenters. The van der Waals surface area contributed by atoms with Gasteiger partial charge in [0.05, 0.1) is 5.69 Å². The minimum atomic E-state index is -0.116. The Kier molecular flexibility index (Phi) is 4.36. The lowest BCUT2D eigenvalue weighted by molar-refractivity contribution is 0.101. The first-order valence-corrected chi connectivity index (χ1v) is 7.27. The smallest absolute Gasteiger partial charge is 0.272 e. The van der Waals surface area contributed by atoms with Crippen LogP contribution in [0.15, 0.2) is 24.4 Å². The lowest BCUT2D eigenvalue weighted by atomic mass is 10.1. The molecule has 1 amide bonds. The van der Waals surface area contributed by atoms with Crippen molar-refractivity contribution in [2.45, 2.75) is 40.7 Å². The quantitative estimate of drug-likeness (QED) is 0.900. The highest BCUT2D eigenvalue weighted by Crippen LogP contribution is 2.23. The Hall–Kier alpha value is -2.23. The molecule has 0 aliphatic heterocycles. The minimum Gasteiger partial charge on any atom is -0.397 e. The van der Waals surface area contributed by atoms with E-state index in [-0.39, 0.29) is 5.91 Å². The topological polar surface area (TPSA) is 60.0 Å². The first-order chi connectivity index (χ1) is 9.92. The van der Waals surface area contributed by atoms with Crippen molar-refractivity contribution < 1.29 is 4.79 Å². The van der Waals surface area contributed by atoms with Crippen LogP contribution in [0.25, 0.3) is 0 Å². The number of rotatable bonds is 4. The van der Waals surface area contributed by atoms with E-state index in [1.807, 2.05) is 24.6 Å². The third-order valence-electron chi connectivity index (χ3n) is 3.53. The highest BCUT2D eigenvalue weighted by molar-refractivity contribution is 6.04. The summed E-state index contributed by atoms with van der Waals surface area (Å²) >= 11 is 0. The van der Waals surface area contributed by atoms with E-state index in [1.54, 1.807) is 6.07 Å². The molecule has 112 valence electrons. The van der Waals surface area contributed by atoms with Gasteiger partial charge in [0.15, 0.2) is 0 Å². The fraction of sp³-hybridized carbons (Fsp3) is 0.353. The number of hydrogen-bond acceptors (Lipinski definition) is 2. The van der Waals surface area contributed by atoms with Gasteiger partial charge >= 0.3 is 0 Å². The molecular formula is C17H23N3O. The molecule has 4 heteroatoms. The van der Waals surface area contributed by atoms with Gasteiger partial charge in [0.1, 0.15) is 5.69 Å². The number of nitrogens with one attached hydrogen (secondary N) is 1. The Morgan fingerprint density at radius 3 is 2.38 bits per heavy atom. The largest absolute Gasteiger partial charge is 0.397 e. The van der Waals surface area contributed by atoms with Gasteiger partial charge in [-0.05, 0) is 44.4 Å². The Morgan fingerprint density at radius 1 is 1.19 bits per heavy atom. The molecule has 2 rings (SSSR count). The highest BCUT2D eigenvalue weighted by Gasteiger charge is 2.15. The monoisotopic (exact) mass is 285 g/mol. The average Bonchev–Trinajstić information content (AvgIpc) is 2.75. The van der Waals surface area contributed by atoms with Crippen molar-refractivity contribution in [2.24, 2.45) is 0 Å². The SMILES string of the molecule is CCCn1cc(N)cc1C(=O)Nc1c(C)cc(C)cc1C. The van der Waals surface area contributed by atoms with Gasteiger partial charge in [0.25, 0.3) is 5.91 Å². The molecule has 0 fully saturated rings. The van der Waals surface area contributed by atoms with Gasteiger partial charge < -0.3 is 15.6 Å². The van der Waals surface area contributed by atoms with Crippen molar-refractivity contribution in [1.29, 1.82) is 0 Å². The molecule has 0 radical (unpaired) electrons. The number of aryl methyl sites for hydroxylation is 4. The van der Waals surface area contributed by atoms with E-state index in [0.29, 0.717) is 11.4 Å². The molecule has 4 nitrogen and oxygen atoms in total. The van der Waals surface area contributed by atoms with E-state index >= 15 is 0 Å². The maximum absolute atomic E-state index is 12.5. The van der Waals surface area contributed by atoms with E-state index in [1.165, 1.54) is 5.56 Å². The van der Waals surface area contributed by atoms with Gasteiger partial charge in [0.2, 0.25) is 0 Å². The van der Waals surface area contributed by atoms with Gasteiger partial charge in [-0.2, -0.15) is 0 Å². The predicted molar refractivity (Wildman–Crippen MR) is 87.7 cm³/mol. The maximum Gasteiger partial charge on any atom is 0.272 e. The minimum absolute atomic E-state index is 0.116. The molecule has 0 atom stereocenters. The summed E-state index contributed by atoms with van der Waals surface area (Å²) in [5, 5.41) is 3.02. The second-order valence-electron chi connectivity index (χ2n) is 5.58. The second-order valence-corrected chi connectivity index (χ2v) is 5.58. The normalized spacial score (nSPS) is 10.7. The number of nitrogen functional groups attached to an aromatic ring is 1. The molecule has 21 heavy (non-hydrogen) atoms. The maximum atomic E-state index is 12.5. The number of carbonyl (C=O) groups is 1. The number of amides is 1. The molecule has 1 aromatic carbocycles. The third-order valence-corrected chi connectivity index (χ3v) is 3.53. The summed E-state index contributed by atoms with van der Waals surface area (Å²) in [6.07, 6.45) is 2.77. The van der Waals surface area contributed by atoms with Crippen molar-refractivity contribution in [1.82, 2.24) is 4.57 Å². The molecule has 3 N–H and O–H groups in total. The van der Waals surface area contributed by atoms with E-state index in [2.05, 4.69) is 31.3 Å². The Balaban J connectivity index is 2.30. The zero-order valence-corrected chi connectivity index (χ0v) is 13.2. The van der Waals surface area contributed by atoms with Gasteiger partial charge in [-0.1, -0.05) is 24.6 Å². The summed E-state index contributed by atoms with van der Waals surface area (Å²) in [6, 6.07) is 5.87. The number of benzene rings is 1. The Bertz CT molecular complexity index is 648. The molecular weight excluding hydrogens is 262 g/mol. The van der Waals surface area contributed by atoms with Crippen molar-refractivity contribution >= 4 is 17.3 Å². The van der Waals surface area contributed by atoms with Crippen LogP contribution in [0.4, 0.5) is 11.4 Å². The highest BCUT2D eigenvalue weighted by atomic mass is 16.1. The molecule has 2 aromatic rings. The number of anilines is 2. The van der Waals surface area contributed by atoms with Crippen molar-refractivity contribution in [3.63, 3.8) is 0 Å². The molecule has 1 heterocycles. The lowest BCUT2D eigenvalue weighted by Gasteiger charge is -2.14. The fourth-order valence-electron chi connectivity index (χ4n) is 2.70. The van der Waals surface area contributed by atoms with Crippen molar-refractivity contribution in [3.05, 3.63) is 46.8 Å². The second kappa shape index (κ2) is 6.04. The van der Waals surface area contributed by atoms with E-state index < -0.39 is 0 Å². The van der Waals surface area contributed by atoms with Crippen LogP contribution in [0.1, 0.15) is 40.5 Å². The number of hydrogen-bond donors (Lipinski definition) is 2. The first-order valence-electron chi connectivity index (χ1n) is 7.27. The predicted octanol–water partition coefficient (Wildman–Crippen LogP) is 3.66. The number of carbonyl (C=O) groups excluding carboxylic acids is 1. The summed E-state index contributed by atoms with van der Waals surface area (Å²) in [5.74, 6) is -0.116. The van der Waals surface area contributed by atoms with E-state index in [4.69, 9.17) is 5.73 Å². The molecule has 0 aliphatic carbocycles. The van der Waals surface area contributed by atoms with E-state index in [9.17, 15) is 4.79 Å². The standard InChI is InChI=1S/C17H23N3O/c1-5-6-20-10-14(18)9-15(20)17(21)19-16-12(3)7-11(2)8-13(16)4/h7-10H,5-6,18H2,1-4H3,(H,19,21). The summed E-state index contributed by atoms with van der Waals surface area (Å²) in [5.41, 5.74) is 11.3. The van der Waals surface area contributed by atoms with E-state index in [0.717, 1.165) is 29.8 Å². The van der Waals surface area contributed by atoms with Gasteiger partial charge in [-0.3, -0.25) is 4.79 Å². The van der Waals surface area contributed by atoms with Gasteiger partial charge in [-0.15, -0.1) is 0 Å². The lowest BCUT2D eigenvalue weighted by Crippen LogP contribution is -2.18. The Morgan fingerprint density at radius 2 is 1.81 bits per heavy atom. The van der Waals surface area contributed by atoms with Crippen LogP contribution < -0.4 is 11.1 Å². The van der Waals surface area contributed by atoms with Crippen LogP contribution in [-0.4, -0.2) is 10.5 Å². The zero-order valence-electron chi connectivity index (χ0n) is 13.2. The van der Waals surface area contributed by atoms with Gasteiger partial charge in [0, 0.05) is 18.4 Å². The fourth-order valence-corrected chi connectivity index (χ4v) is 2.70. The number of aromatic nitrogens is 1. The zero-order chi connectivity index (χ0) is 15.6. The number of nitrogens with two attached hydrogens (primary N) is 1. The van der Waals surface area contributed by atoms with Crippen LogP contribution in [0, 0.1) is 20.8 Å². The molecule has 0 spiro atoms. The van der Waals surface area contributed by atoms with Crippen LogP contribution in [-0.2, 0) is 6.54 Å². The molecule has 0 saturated heterocycles. The van der Waals surface area contributed by atoms with Crippen LogP contribution in [0.2, 0.25) is 0 Å². The summed E-state index contributed by atoms with van der Waals surface area (Å²) in [6.45, 7) is 8.93. The van der Waals surface area contributed by atoms with Crippen LogP contribution >= 0.6 is 0 Å². The summed E-state index contributed by atoms with van der Waals surface area (Å²) in [7, 11) is 0. The van der Waals surface area contributed by atoms with Gasteiger partial charge in [-0.25, -0.2) is 0 Å². The number of nitrogens with zero attached hydrogens (tertiary/aromatic N) is 1. The molecule has 0 aliphatic rings. The third kappa shape index (κ3) is 3.27. The molecule has 0 saturated carbocycles.